The zero-order valence-electron chi connectivity index (χ0n) is 16.0. The molecule has 0 atom stereocenters. The van der Waals surface area contributed by atoms with Crippen molar-refractivity contribution in [1.82, 2.24) is 0 Å². The fourth-order valence-electron chi connectivity index (χ4n) is 3.23. The Hall–Kier alpha value is -3.16. The van der Waals surface area contributed by atoms with Crippen molar-refractivity contribution in [2.75, 3.05) is 31.2 Å². The molecule has 29 heavy (non-hydrogen) atoms. The molecular formula is C21H23FN2O5. The zero-order chi connectivity index (χ0) is 20.6. The topological polar surface area (TPSA) is 81.9 Å². The van der Waals surface area contributed by atoms with Gasteiger partial charge in [-0.05, 0) is 55.7 Å². The van der Waals surface area contributed by atoms with Gasteiger partial charge in [0.1, 0.15) is 17.3 Å². The van der Waals surface area contributed by atoms with Gasteiger partial charge < -0.3 is 14.4 Å². The average molecular weight is 402 g/mol. The van der Waals surface area contributed by atoms with Crippen LogP contribution in [0.1, 0.15) is 36.0 Å². The summed E-state index contributed by atoms with van der Waals surface area (Å²) in [6.07, 6.45) is 3.57. The number of anilines is 1. The van der Waals surface area contributed by atoms with Gasteiger partial charge in [0.2, 0.25) is 0 Å². The first kappa shape index (κ1) is 20.6. The van der Waals surface area contributed by atoms with E-state index in [1.165, 1.54) is 30.3 Å². The van der Waals surface area contributed by atoms with Crippen molar-refractivity contribution in [3.8, 4) is 5.75 Å². The first-order valence-corrected chi connectivity index (χ1v) is 9.63. The number of rotatable bonds is 8. The van der Waals surface area contributed by atoms with E-state index in [4.69, 9.17) is 9.47 Å². The Balaban J connectivity index is 1.52. The number of carbonyl (C=O) groups is 1. The predicted molar refractivity (Wildman–Crippen MR) is 106 cm³/mol. The summed E-state index contributed by atoms with van der Waals surface area (Å²) in [6, 6.07) is 10.1. The normalized spacial score (nSPS) is 13.8. The van der Waals surface area contributed by atoms with Gasteiger partial charge >= 0.3 is 5.97 Å². The highest BCUT2D eigenvalue weighted by atomic mass is 19.1. The third-order valence-corrected chi connectivity index (χ3v) is 4.71. The number of nitro groups is 1. The van der Waals surface area contributed by atoms with Crippen LogP contribution in [0.5, 0.6) is 5.75 Å². The van der Waals surface area contributed by atoms with E-state index in [9.17, 15) is 19.3 Å². The highest BCUT2D eigenvalue weighted by Gasteiger charge is 2.23. The molecule has 0 aromatic heterocycles. The molecule has 7 nitrogen and oxygen atoms in total. The van der Waals surface area contributed by atoms with E-state index >= 15 is 0 Å². The Kier molecular flexibility index (Phi) is 6.99. The summed E-state index contributed by atoms with van der Waals surface area (Å²) in [7, 11) is 0. The first-order chi connectivity index (χ1) is 14.0. The van der Waals surface area contributed by atoms with Crippen LogP contribution in [0.25, 0.3) is 0 Å². The molecule has 0 unspecified atom stereocenters. The van der Waals surface area contributed by atoms with Gasteiger partial charge in [0, 0.05) is 25.6 Å². The lowest BCUT2D eigenvalue weighted by Crippen LogP contribution is -2.30. The van der Waals surface area contributed by atoms with E-state index < -0.39 is 10.9 Å². The second kappa shape index (κ2) is 9.86. The van der Waals surface area contributed by atoms with Gasteiger partial charge in [-0.2, -0.15) is 0 Å². The number of halogens is 1. The Labute approximate surface area is 168 Å². The minimum atomic E-state index is -0.611. The van der Waals surface area contributed by atoms with Crippen molar-refractivity contribution in [1.29, 1.82) is 0 Å². The van der Waals surface area contributed by atoms with Crippen LogP contribution >= 0.6 is 0 Å². The van der Waals surface area contributed by atoms with Crippen molar-refractivity contribution < 1.29 is 23.6 Å². The molecule has 0 N–H and O–H groups in total. The van der Waals surface area contributed by atoms with Crippen molar-refractivity contribution in [3.63, 3.8) is 0 Å². The van der Waals surface area contributed by atoms with Crippen LogP contribution < -0.4 is 9.64 Å². The first-order valence-electron chi connectivity index (χ1n) is 9.63. The third-order valence-electron chi connectivity index (χ3n) is 4.71. The van der Waals surface area contributed by atoms with Gasteiger partial charge in [-0.25, -0.2) is 9.18 Å². The lowest BCUT2D eigenvalue weighted by atomic mass is 10.1. The van der Waals surface area contributed by atoms with Gasteiger partial charge in [0.15, 0.2) is 0 Å². The number of nitro benzene ring substituents is 1. The monoisotopic (exact) mass is 402 g/mol. The molecule has 1 aliphatic heterocycles. The van der Waals surface area contributed by atoms with Crippen molar-refractivity contribution in [2.24, 2.45) is 0 Å². The number of ether oxygens (including phenoxy) is 2. The van der Waals surface area contributed by atoms with E-state index in [0.717, 1.165) is 32.4 Å². The zero-order valence-corrected chi connectivity index (χ0v) is 16.0. The molecule has 154 valence electrons. The van der Waals surface area contributed by atoms with Crippen LogP contribution in [0.3, 0.4) is 0 Å². The maximum atomic E-state index is 12.8. The molecule has 2 aromatic carbocycles. The van der Waals surface area contributed by atoms with Gasteiger partial charge in [-0.1, -0.05) is 0 Å². The fraction of sp³-hybridized carbons (Fsp3) is 0.381. The van der Waals surface area contributed by atoms with Crippen molar-refractivity contribution in [2.45, 2.75) is 25.7 Å². The van der Waals surface area contributed by atoms with E-state index in [2.05, 4.69) is 0 Å². The minimum absolute atomic E-state index is 0.0824. The smallest absolute Gasteiger partial charge is 0.338 e. The molecule has 0 radical (unpaired) electrons. The molecule has 0 spiro atoms. The molecule has 8 heteroatoms. The van der Waals surface area contributed by atoms with E-state index in [1.54, 1.807) is 12.1 Å². The average Bonchev–Trinajstić information content (AvgIpc) is 2.75. The number of esters is 1. The minimum Gasteiger partial charge on any atom is -0.493 e. The maximum absolute atomic E-state index is 12.8. The second-order valence-corrected chi connectivity index (χ2v) is 6.80. The lowest BCUT2D eigenvalue weighted by molar-refractivity contribution is -0.384. The van der Waals surface area contributed by atoms with Crippen LogP contribution in [0.15, 0.2) is 42.5 Å². The van der Waals surface area contributed by atoms with Crippen LogP contribution in [0.2, 0.25) is 0 Å². The predicted octanol–water partition coefficient (Wildman–Crippen LogP) is 4.35. The van der Waals surface area contributed by atoms with E-state index in [-0.39, 0.29) is 23.7 Å². The number of carbonyl (C=O) groups excluding carboxylic acids is 1. The second-order valence-electron chi connectivity index (χ2n) is 6.80. The van der Waals surface area contributed by atoms with Crippen LogP contribution in [0, 0.1) is 15.9 Å². The number of hydrogen-bond donors (Lipinski definition) is 0. The molecule has 0 bridgehead atoms. The molecule has 0 amide bonds. The number of piperidine rings is 1. The number of nitrogens with zero attached hydrogens (tertiary/aromatic N) is 2. The SMILES string of the molecule is O=C(OCCCOc1ccc(F)cc1)c1ccc(N2CCCCC2)c([N+](=O)[O-])c1. The van der Waals surface area contributed by atoms with E-state index in [0.29, 0.717) is 24.5 Å². The summed E-state index contributed by atoms with van der Waals surface area (Å²) in [5, 5.41) is 11.5. The Morgan fingerprint density at radius 3 is 2.48 bits per heavy atom. The van der Waals surface area contributed by atoms with Gasteiger partial charge in [-0.15, -0.1) is 0 Å². The number of hydrogen-bond acceptors (Lipinski definition) is 6. The Morgan fingerprint density at radius 1 is 1.07 bits per heavy atom. The molecule has 1 fully saturated rings. The molecular weight excluding hydrogens is 379 g/mol. The van der Waals surface area contributed by atoms with Crippen LogP contribution in [0.4, 0.5) is 15.8 Å². The summed E-state index contributed by atoms with van der Waals surface area (Å²) in [6.45, 7) is 1.96. The lowest BCUT2D eigenvalue weighted by Gasteiger charge is -2.28. The Morgan fingerprint density at radius 2 is 1.79 bits per heavy atom. The molecule has 2 aromatic rings. The number of benzene rings is 2. The Bertz CT molecular complexity index is 851. The van der Waals surface area contributed by atoms with Crippen LogP contribution in [-0.2, 0) is 4.74 Å². The highest BCUT2D eigenvalue weighted by Crippen LogP contribution is 2.31. The van der Waals surface area contributed by atoms with E-state index in [1.807, 2.05) is 4.90 Å². The molecule has 3 rings (SSSR count). The molecule has 1 saturated heterocycles. The van der Waals surface area contributed by atoms with Crippen molar-refractivity contribution >= 4 is 17.3 Å². The summed E-state index contributed by atoms with van der Waals surface area (Å²) in [5.41, 5.74) is 0.608. The highest BCUT2D eigenvalue weighted by molar-refractivity contribution is 5.91. The largest absolute Gasteiger partial charge is 0.493 e. The maximum Gasteiger partial charge on any atom is 0.338 e. The van der Waals surface area contributed by atoms with Gasteiger partial charge in [0.05, 0.1) is 23.7 Å². The molecule has 0 aliphatic carbocycles. The fourth-order valence-corrected chi connectivity index (χ4v) is 3.23. The molecule has 0 saturated carbocycles. The van der Waals surface area contributed by atoms with Gasteiger partial charge in [0.25, 0.3) is 5.69 Å². The van der Waals surface area contributed by atoms with Crippen LogP contribution in [-0.4, -0.2) is 37.2 Å². The summed E-state index contributed by atoms with van der Waals surface area (Å²) in [5.74, 6) is -0.423. The summed E-state index contributed by atoms with van der Waals surface area (Å²) >= 11 is 0. The third kappa shape index (κ3) is 5.66. The van der Waals surface area contributed by atoms with Gasteiger partial charge in [-0.3, -0.25) is 10.1 Å². The quantitative estimate of drug-likeness (QED) is 0.283. The standard InChI is InChI=1S/C21H23FN2O5/c22-17-6-8-18(9-7-17)28-13-4-14-29-21(25)16-5-10-19(20(15-16)24(26)27)23-11-2-1-3-12-23/h5-10,15H,1-4,11-14H2. The molecule has 1 heterocycles. The van der Waals surface area contributed by atoms with Crippen molar-refractivity contribution in [3.05, 3.63) is 64.0 Å². The summed E-state index contributed by atoms with van der Waals surface area (Å²) in [4.78, 5) is 25.2. The summed E-state index contributed by atoms with van der Waals surface area (Å²) < 4.78 is 23.5. The molecule has 1 aliphatic rings.